The zero-order valence-electron chi connectivity index (χ0n) is 17.7. The number of aryl methyl sites for hydroxylation is 1. The van der Waals surface area contributed by atoms with Crippen LogP contribution in [0, 0.1) is 18.6 Å². The summed E-state index contributed by atoms with van der Waals surface area (Å²) in [6.45, 7) is 2.03. The minimum atomic E-state index is -0.741. The lowest BCUT2D eigenvalue weighted by atomic mass is 10.1. The van der Waals surface area contributed by atoms with E-state index in [1.165, 1.54) is 17.7 Å². The monoisotopic (exact) mass is 506 g/mol. The molecule has 6 nitrogen and oxygen atoms in total. The molecule has 168 valence electrons. The summed E-state index contributed by atoms with van der Waals surface area (Å²) in [5.74, 6) is -1.81. The van der Waals surface area contributed by atoms with Gasteiger partial charge in [-0.05, 0) is 59.7 Å². The molecule has 0 atom stereocenters. The van der Waals surface area contributed by atoms with Gasteiger partial charge in [0.25, 0.3) is 5.56 Å². The van der Waals surface area contributed by atoms with E-state index in [9.17, 15) is 18.4 Å². The van der Waals surface area contributed by atoms with Gasteiger partial charge < -0.3 is 14.8 Å². The Hall–Kier alpha value is -3.04. The molecule has 3 aromatic rings. The highest BCUT2D eigenvalue weighted by Gasteiger charge is 2.20. The zero-order valence-corrected chi connectivity index (χ0v) is 19.3. The molecule has 0 spiro atoms. The molecule has 0 aliphatic heterocycles. The molecule has 9 heteroatoms. The van der Waals surface area contributed by atoms with E-state index in [0.29, 0.717) is 17.9 Å². The average molecular weight is 507 g/mol. The van der Waals surface area contributed by atoms with Crippen LogP contribution in [-0.4, -0.2) is 24.7 Å². The summed E-state index contributed by atoms with van der Waals surface area (Å²) in [7, 11) is 3.06. The molecular weight excluding hydrogens is 486 g/mol. The van der Waals surface area contributed by atoms with Crippen molar-refractivity contribution < 1.29 is 23.0 Å². The molecule has 1 aromatic heterocycles. The van der Waals surface area contributed by atoms with Crippen molar-refractivity contribution in [1.29, 1.82) is 0 Å². The Morgan fingerprint density at radius 3 is 2.56 bits per heavy atom. The summed E-state index contributed by atoms with van der Waals surface area (Å²) in [6, 6.07) is 9.89. The smallest absolute Gasteiger partial charge is 0.339 e. The van der Waals surface area contributed by atoms with E-state index in [-0.39, 0.29) is 28.0 Å². The van der Waals surface area contributed by atoms with Crippen molar-refractivity contribution in [2.45, 2.75) is 20.1 Å². The predicted octanol–water partition coefficient (Wildman–Crippen LogP) is 4.27. The Kier molecular flexibility index (Phi) is 7.42. The topological polar surface area (TPSA) is 69.6 Å². The molecule has 2 aromatic carbocycles. The standard InChI is InChI=1S/C23H21BrF2N2O4/c1-13-8-20(32-12-15-5-6-16(25)10-18(15)26)21(24)22(29)28(13)19-9-14(11-27-2)4-7-17(19)23(30)31-3/h4-10,27H,11-12H2,1-3H3. The zero-order chi connectivity index (χ0) is 23.4. The Bertz CT molecular complexity index is 1230. The van der Waals surface area contributed by atoms with Gasteiger partial charge in [-0.1, -0.05) is 6.07 Å². The number of aromatic nitrogens is 1. The molecule has 0 bridgehead atoms. The molecule has 1 heterocycles. The Morgan fingerprint density at radius 2 is 1.91 bits per heavy atom. The van der Waals surface area contributed by atoms with Crippen LogP contribution >= 0.6 is 15.9 Å². The number of halogens is 3. The Morgan fingerprint density at radius 1 is 1.16 bits per heavy atom. The maximum atomic E-state index is 13.9. The van der Waals surface area contributed by atoms with Gasteiger partial charge in [0, 0.05) is 29.9 Å². The van der Waals surface area contributed by atoms with Crippen molar-refractivity contribution in [3.8, 4) is 11.4 Å². The number of ether oxygens (including phenoxy) is 2. The van der Waals surface area contributed by atoms with E-state index in [1.807, 2.05) is 0 Å². The van der Waals surface area contributed by atoms with E-state index in [2.05, 4.69) is 21.2 Å². The molecule has 0 saturated carbocycles. The minimum absolute atomic E-state index is 0.0976. The average Bonchev–Trinajstić information content (AvgIpc) is 2.76. The number of nitrogens with zero attached hydrogens (tertiary/aromatic N) is 1. The van der Waals surface area contributed by atoms with Gasteiger partial charge in [0.1, 0.15) is 28.5 Å². The highest BCUT2D eigenvalue weighted by molar-refractivity contribution is 9.10. The maximum absolute atomic E-state index is 13.9. The SMILES string of the molecule is CNCc1ccc(C(=O)OC)c(-n2c(C)cc(OCc3ccc(F)cc3F)c(Br)c2=O)c1. The summed E-state index contributed by atoms with van der Waals surface area (Å²) in [5.41, 5.74) is 1.62. The second-order valence-corrected chi connectivity index (χ2v) is 7.80. The maximum Gasteiger partial charge on any atom is 0.339 e. The van der Waals surface area contributed by atoms with E-state index in [4.69, 9.17) is 9.47 Å². The summed E-state index contributed by atoms with van der Waals surface area (Å²) >= 11 is 3.25. The second-order valence-electron chi connectivity index (χ2n) is 7.00. The molecule has 0 saturated heterocycles. The second kappa shape index (κ2) is 10.1. The van der Waals surface area contributed by atoms with Gasteiger partial charge in [0.15, 0.2) is 0 Å². The molecule has 32 heavy (non-hydrogen) atoms. The van der Waals surface area contributed by atoms with Crippen molar-refractivity contribution in [2.24, 2.45) is 0 Å². The number of nitrogens with one attached hydrogen (secondary N) is 1. The van der Waals surface area contributed by atoms with Crippen molar-refractivity contribution in [2.75, 3.05) is 14.2 Å². The molecule has 1 N–H and O–H groups in total. The van der Waals surface area contributed by atoms with Gasteiger partial charge in [0.05, 0.1) is 18.4 Å². The molecule has 0 aliphatic carbocycles. The van der Waals surface area contributed by atoms with Gasteiger partial charge in [-0.15, -0.1) is 0 Å². The molecule has 3 rings (SSSR count). The fourth-order valence-corrected chi connectivity index (χ4v) is 3.65. The van der Waals surface area contributed by atoms with Crippen molar-refractivity contribution in [3.05, 3.63) is 91.3 Å². The Labute approximate surface area is 191 Å². The van der Waals surface area contributed by atoms with E-state index < -0.39 is 23.2 Å². The van der Waals surface area contributed by atoms with E-state index in [0.717, 1.165) is 17.7 Å². The fourth-order valence-electron chi connectivity index (χ4n) is 3.24. The van der Waals surface area contributed by atoms with Crippen LogP contribution in [0.5, 0.6) is 5.75 Å². The van der Waals surface area contributed by atoms with Crippen LogP contribution in [0.15, 0.2) is 51.7 Å². The number of hydrogen-bond acceptors (Lipinski definition) is 5. The molecule has 0 aliphatic rings. The lowest BCUT2D eigenvalue weighted by molar-refractivity contribution is 0.0600. The number of carbonyl (C=O) groups is 1. The van der Waals surface area contributed by atoms with Crippen LogP contribution in [0.1, 0.15) is 27.2 Å². The van der Waals surface area contributed by atoms with Gasteiger partial charge in [-0.3, -0.25) is 9.36 Å². The Balaban J connectivity index is 2.05. The number of benzene rings is 2. The van der Waals surface area contributed by atoms with Crippen LogP contribution in [0.25, 0.3) is 5.69 Å². The van der Waals surface area contributed by atoms with Gasteiger partial charge in [0.2, 0.25) is 0 Å². The van der Waals surface area contributed by atoms with Crippen LogP contribution < -0.4 is 15.6 Å². The number of esters is 1. The van der Waals surface area contributed by atoms with Crippen LogP contribution in [-0.2, 0) is 17.9 Å². The third-order valence-corrected chi connectivity index (χ3v) is 5.52. The number of pyridine rings is 1. The predicted molar refractivity (Wildman–Crippen MR) is 119 cm³/mol. The molecule has 0 unspecified atom stereocenters. The minimum Gasteiger partial charge on any atom is -0.487 e. The van der Waals surface area contributed by atoms with E-state index in [1.54, 1.807) is 38.2 Å². The molecule has 0 amide bonds. The summed E-state index contributed by atoms with van der Waals surface area (Å²) in [6.07, 6.45) is 0. The third-order valence-electron chi connectivity index (χ3n) is 4.79. The first-order chi connectivity index (χ1) is 15.3. The summed E-state index contributed by atoms with van der Waals surface area (Å²) in [4.78, 5) is 25.5. The normalized spacial score (nSPS) is 10.8. The van der Waals surface area contributed by atoms with Crippen LogP contribution in [0.2, 0.25) is 0 Å². The van der Waals surface area contributed by atoms with E-state index >= 15 is 0 Å². The number of hydrogen-bond donors (Lipinski definition) is 1. The van der Waals surface area contributed by atoms with Gasteiger partial charge in [-0.2, -0.15) is 0 Å². The molecule has 0 radical (unpaired) electrons. The fraction of sp³-hybridized carbons (Fsp3) is 0.217. The molecule has 0 fully saturated rings. The van der Waals surface area contributed by atoms with Gasteiger partial charge >= 0.3 is 5.97 Å². The van der Waals surface area contributed by atoms with Crippen molar-refractivity contribution in [3.63, 3.8) is 0 Å². The first kappa shape index (κ1) is 23.6. The van der Waals surface area contributed by atoms with Crippen molar-refractivity contribution in [1.82, 2.24) is 9.88 Å². The lowest BCUT2D eigenvalue weighted by Crippen LogP contribution is -2.24. The first-order valence-electron chi connectivity index (χ1n) is 9.62. The first-order valence-corrected chi connectivity index (χ1v) is 10.4. The quantitative estimate of drug-likeness (QED) is 0.484. The number of methoxy groups -OCH3 is 1. The summed E-state index contributed by atoms with van der Waals surface area (Å²) in [5, 5.41) is 3.03. The molecular formula is C23H21BrF2N2O4. The highest BCUT2D eigenvalue weighted by atomic mass is 79.9. The van der Waals surface area contributed by atoms with Crippen molar-refractivity contribution >= 4 is 21.9 Å². The largest absolute Gasteiger partial charge is 0.487 e. The summed E-state index contributed by atoms with van der Waals surface area (Å²) < 4.78 is 39.0. The third kappa shape index (κ3) is 4.89. The van der Waals surface area contributed by atoms with Crippen LogP contribution in [0.3, 0.4) is 0 Å². The van der Waals surface area contributed by atoms with Gasteiger partial charge in [-0.25, -0.2) is 13.6 Å². The lowest BCUT2D eigenvalue weighted by Gasteiger charge is -2.18. The highest BCUT2D eigenvalue weighted by Crippen LogP contribution is 2.27. The van der Waals surface area contributed by atoms with Crippen LogP contribution in [0.4, 0.5) is 8.78 Å². The number of carbonyl (C=O) groups excluding carboxylic acids is 1. The number of rotatable bonds is 7.